The molecule has 0 radical (unpaired) electrons. The summed E-state index contributed by atoms with van der Waals surface area (Å²) in [6.45, 7) is 1.28. The van der Waals surface area contributed by atoms with Crippen LogP contribution < -0.4 is 5.32 Å². The van der Waals surface area contributed by atoms with E-state index < -0.39 is 12.0 Å². The lowest BCUT2D eigenvalue weighted by molar-refractivity contribution is -0.140. The van der Waals surface area contributed by atoms with Crippen molar-refractivity contribution in [2.75, 3.05) is 5.75 Å². The standard InChI is InChI=1S/C7H10ClNO3S/c1-5(10)9-6(7(11)12)4-13-3-2-8/h2-3,6H,4H2,1H3,(H,9,10)(H,11,12)/b3-2+/t6-/m0/s1. The van der Waals surface area contributed by atoms with Gasteiger partial charge in [-0.15, -0.1) is 11.8 Å². The summed E-state index contributed by atoms with van der Waals surface area (Å²) in [6.07, 6.45) is 0. The fraction of sp³-hybridized carbons (Fsp3) is 0.429. The molecular weight excluding hydrogens is 214 g/mol. The first-order valence-electron chi connectivity index (χ1n) is 3.44. The van der Waals surface area contributed by atoms with Crippen molar-refractivity contribution >= 4 is 35.2 Å². The zero-order valence-electron chi connectivity index (χ0n) is 6.99. The third-order valence-corrected chi connectivity index (χ3v) is 2.22. The van der Waals surface area contributed by atoms with Crippen LogP contribution in [-0.4, -0.2) is 28.8 Å². The molecule has 0 aliphatic heterocycles. The maximum absolute atomic E-state index is 10.6. The third-order valence-electron chi connectivity index (χ3n) is 1.09. The summed E-state index contributed by atoms with van der Waals surface area (Å²) in [5.74, 6) is -1.15. The number of carboxylic acid groups (broad SMARTS) is 1. The van der Waals surface area contributed by atoms with Crippen LogP contribution in [0, 0.1) is 0 Å². The Labute approximate surface area is 85.3 Å². The second-order valence-electron chi connectivity index (χ2n) is 2.19. The minimum Gasteiger partial charge on any atom is -0.480 e. The first kappa shape index (κ1) is 12.3. The van der Waals surface area contributed by atoms with Crippen molar-refractivity contribution in [1.82, 2.24) is 5.32 Å². The Balaban J connectivity index is 3.95. The minimum absolute atomic E-state index is 0.262. The van der Waals surface area contributed by atoms with Gasteiger partial charge in [0.1, 0.15) is 6.04 Å². The van der Waals surface area contributed by atoms with Crippen molar-refractivity contribution in [3.05, 3.63) is 10.9 Å². The lowest BCUT2D eigenvalue weighted by Crippen LogP contribution is -2.41. The van der Waals surface area contributed by atoms with Crippen LogP contribution in [-0.2, 0) is 9.59 Å². The molecule has 0 aromatic heterocycles. The number of amides is 1. The maximum atomic E-state index is 10.6. The van der Waals surface area contributed by atoms with Crippen LogP contribution in [0.3, 0.4) is 0 Å². The molecule has 0 aliphatic carbocycles. The predicted octanol–water partition coefficient (Wildman–Crippen LogP) is 1.02. The zero-order chi connectivity index (χ0) is 10.3. The second kappa shape index (κ2) is 6.80. The minimum atomic E-state index is -1.05. The van der Waals surface area contributed by atoms with Gasteiger partial charge in [-0.1, -0.05) is 11.6 Å². The Hall–Kier alpha value is -0.680. The van der Waals surface area contributed by atoms with Crippen molar-refractivity contribution in [2.45, 2.75) is 13.0 Å². The predicted molar refractivity (Wildman–Crippen MR) is 52.7 cm³/mol. The molecule has 1 amide bonds. The summed E-state index contributed by atoms with van der Waals surface area (Å²) in [5.41, 5.74) is 1.29. The topological polar surface area (TPSA) is 66.4 Å². The van der Waals surface area contributed by atoms with E-state index in [1.54, 1.807) is 5.41 Å². The Kier molecular flexibility index (Phi) is 6.44. The Morgan fingerprint density at radius 1 is 1.69 bits per heavy atom. The molecule has 0 saturated heterocycles. The zero-order valence-corrected chi connectivity index (χ0v) is 8.56. The molecule has 0 heterocycles. The highest BCUT2D eigenvalue weighted by Crippen LogP contribution is 2.05. The molecule has 0 aromatic carbocycles. The number of halogens is 1. The van der Waals surface area contributed by atoms with E-state index in [1.165, 1.54) is 24.2 Å². The first-order chi connectivity index (χ1) is 6.07. The van der Waals surface area contributed by atoms with Crippen LogP contribution in [0.15, 0.2) is 10.9 Å². The molecule has 0 spiro atoms. The van der Waals surface area contributed by atoms with Gasteiger partial charge in [0.15, 0.2) is 0 Å². The number of aliphatic carboxylic acids is 1. The molecule has 2 N–H and O–H groups in total. The molecule has 0 bridgehead atoms. The number of rotatable bonds is 5. The Bertz CT molecular complexity index is 220. The first-order valence-corrected chi connectivity index (χ1v) is 4.93. The van der Waals surface area contributed by atoms with E-state index >= 15 is 0 Å². The number of hydrogen-bond donors (Lipinski definition) is 2. The lowest BCUT2D eigenvalue weighted by atomic mass is 10.3. The number of nitrogens with one attached hydrogen (secondary N) is 1. The average molecular weight is 224 g/mol. The molecule has 0 saturated carbocycles. The fourth-order valence-electron chi connectivity index (χ4n) is 0.608. The van der Waals surface area contributed by atoms with Crippen molar-refractivity contribution in [3.63, 3.8) is 0 Å². The molecule has 0 unspecified atom stereocenters. The fourth-order valence-corrected chi connectivity index (χ4v) is 1.43. The monoisotopic (exact) mass is 223 g/mol. The number of thioether (sulfide) groups is 1. The SMILES string of the molecule is CC(=O)N[C@@H](CS/C=C/Cl)C(=O)O. The number of carbonyl (C=O) groups is 2. The highest BCUT2D eigenvalue weighted by molar-refractivity contribution is 8.02. The molecule has 6 heteroatoms. The van der Waals surface area contributed by atoms with E-state index in [1.807, 2.05) is 0 Å². The van der Waals surface area contributed by atoms with Crippen LogP contribution in [0.1, 0.15) is 6.92 Å². The van der Waals surface area contributed by atoms with Crippen LogP contribution >= 0.6 is 23.4 Å². The molecule has 1 atom stereocenters. The van der Waals surface area contributed by atoms with Gasteiger partial charge in [0.25, 0.3) is 0 Å². The van der Waals surface area contributed by atoms with Gasteiger partial charge in [-0.3, -0.25) is 4.79 Å². The molecule has 13 heavy (non-hydrogen) atoms. The number of carboxylic acids is 1. The van der Waals surface area contributed by atoms with Crippen molar-refractivity contribution in [1.29, 1.82) is 0 Å². The van der Waals surface area contributed by atoms with E-state index in [0.717, 1.165) is 0 Å². The number of hydrogen-bond acceptors (Lipinski definition) is 3. The molecule has 74 valence electrons. The van der Waals surface area contributed by atoms with E-state index in [2.05, 4.69) is 5.32 Å². The summed E-state index contributed by atoms with van der Waals surface area (Å²) in [7, 11) is 0. The summed E-state index contributed by atoms with van der Waals surface area (Å²) < 4.78 is 0. The quantitative estimate of drug-likeness (QED) is 0.730. The molecule has 4 nitrogen and oxygen atoms in total. The maximum Gasteiger partial charge on any atom is 0.327 e. The average Bonchev–Trinajstić information content (AvgIpc) is 2.02. The highest BCUT2D eigenvalue weighted by atomic mass is 35.5. The van der Waals surface area contributed by atoms with Gasteiger partial charge in [-0.2, -0.15) is 0 Å². The van der Waals surface area contributed by atoms with E-state index in [0.29, 0.717) is 0 Å². The molecule has 0 fully saturated rings. The van der Waals surface area contributed by atoms with Crippen LogP contribution in [0.4, 0.5) is 0 Å². The normalized spacial score (nSPS) is 12.8. The largest absolute Gasteiger partial charge is 0.480 e. The van der Waals surface area contributed by atoms with Crippen LogP contribution in [0.5, 0.6) is 0 Å². The van der Waals surface area contributed by atoms with Crippen molar-refractivity contribution < 1.29 is 14.7 Å². The Morgan fingerprint density at radius 3 is 2.69 bits per heavy atom. The summed E-state index contributed by atoms with van der Waals surface area (Å²) in [6, 6.07) is -0.865. The molecule has 0 aromatic rings. The second-order valence-corrected chi connectivity index (χ2v) is 3.38. The van der Waals surface area contributed by atoms with Gasteiger partial charge in [0.05, 0.1) is 0 Å². The van der Waals surface area contributed by atoms with Gasteiger partial charge in [0.2, 0.25) is 5.91 Å². The van der Waals surface area contributed by atoms with Crippen molar-refractivity contribution in [2.24, 2.45) is 0 Å². The van der Waals surface area contributed by atoms with Crippen LogP contribution in [0.2, 0.25) is 0 Å². The third kappa shape index (κ3) is 6.48. The van der Waals surface area contributed by atoms with Gasteiger partial charge in [-0.25, -0.2) is 4.79 Å². The van der Waals surface area contributed by atoms with Gasteiger partial charge >= 0.3 is 5.97 Å². The van der Waals surface area contributed by atoms with E-state index in [-0.39, 0.29) is 11.7 Å². The van der Waals surface area contributed by atoms with Crippen LogP contribution in [0.25, 0.3) is 0 Å². The smallest absolute Gasteiger partial charge is 0.327 e. The van der Waals surface area contributed by atoms with E-state index in [9.17, 15) is 9.59 Å². The summed E-state index contributed by atoms with van der Waals surface area (Å²) in [5, 5.41) is 12.5. The molecular formula is C7H10ClNO3S. The van der Waals surface area contributed by atoms with Gasteiger partial charge in [0, 0.05) is 18.2 Å². The van der Waals surface area contributed by atoms with Gasteiger partial charge < -0.3 is 10.4 Å². The summed E-state index contributed by atoms with van der Waals surface area (Å²) in [4.78, 5) is 21.1. The van der Waals surface area contributed by atoms with Gasteiger partial charge in [-0.05, 0) is 5.41 Å². The number of carbonyl (C=O) groups excluding carboxylic acids is 1. The summed E-state index contributed by atoms with van der Waals surface area (Å²) >= 11 is 6.46. The Morgan fingerprint density at radius 2 is 2.31 bits per heavy atom. The highest BCUT2D eigenvalue weighted by Gasteiger charge is 2.17. The van der Waals surface area contributed by atoms with E-state index in [4.69, 9.17) is 16.7 Å². The molecule has 0 rings (SSSR count). The van der Waals surface area contributed by atoms with Crippen molar-refractivity contribution in [3.8, 4) is 0 Å². The lowest BCUT2D eigenvalue weighted by Gasteiger charge is -2.10. The molecule has 0 aliphatic rings.